The van der Waals surface area contributed by atoms with Gasteiger partial charge in [0, 0.05) is 0 Å². The van der Waals surface area contributed by atoms with E-state index in [2.05, 4.69) is 9.05 Å². The molecule has 0 fully saturated rings. The highest BCUT2D eigenvalue weighted by atomic mass is 31.1. The average Bonchev–Trinajstić information content (AvgIpc) is 2.30. The van der Waals surface area contributed by atoms with Gasteiger partial charge in [-0.1, -0.05) is 0 Å². The summed E-state index contributed by atoms with van der Waals surface area (Å²) in [6.07, 6.45) is -1.61. The molecule has 0 aliphatic heterocycles. The first-order valence-electron chi connectivity index (χ1n) is 4.08. The summed E-state index contributed by atoms with van der Waals surface area (Å²) >= 11 is 0. The molecule has 12 heteroatoms. The van der Waals surface area contributed by atoms with Crippen LogP contribution in [0.25, 0.3) is 0 Å². The van der Waals surface area contributed by atoms with Crippen molar-refractivity contribution in [1.29, 1.82) is 0 Å². The molecule has 8 nitrogen and oxygen atoms in total. The molecule has 0 bridgehead atoms. The van der Waals surface area contributed by atoms with E-state index in [1.54, 1.807) is 0 Å². The second kappa shape index (κ2) is 12.2. The Bertz CT molecular complexity index is 212. The standard InChI is InChI=1S/C4H14O8P4/c5-13-9-1-3(11-15-7)4(12-16-8)2-10-14-6/h3-4H,1-2,13-16H2. The van der Waals surface area contributed by atoms with Crippen molar-refractivity contribution in [1.82, 2.24) is 0 Å². The third-order valence-electron chi connectivity index (χ3n) is 1.53. The van der Waals surface area contributed by atoms with Gasteiger partial charge in [0.25, 0.3) is 0 Å². The third-order valence-corrected chi connectivity index (χ3v) is 3.11. The topological polar surface area (TPSA) is 105 Å². The summed E-state index contributed by atoms with van der Waals surface area (Å²) < 4.78 is 60.1. The molecular weight excluding hydrogens is 300 g/mol. The van der Waals surface area contributed by atoms with Crippen LogP contribution in [0.5, 0.6) is 0 Å². The predicted octanol–water partition coefficient (Wildman–Crippen LogP) is 0.475. The third kappa shape index (κ3) is 7.94. The minimum absolute atomic E-state index is 0.115. The van der Waals surface area contributed by atoms with Crippen LogP contribution in [0.3, 0.4) is 0 Å². The Morgan fingerprint density at radius 2 is 1.06 bits per heavy atom. The summed E-state index contributed by atoms with van der Waals surface area (Å²) in [4.78, 5) is 0. The molecule has 0 radical (unpaired) electrons. The van der Waals surface area contributed by atoms with Gasteiger partial charge in [0.2, 0.25) is 0 Å². The van der Waals surface area contributed by atoms with Gasteiger partial charge in [0.1, 0.15) is 12.2 Å². The lowest BCUT2D eigenvalue weighted by atomic mass is 10.2. The summed E-state index contributed by atoms with van der Waals surface area (Å²) in [5.74, 6) is 0. The van der Waals surface area contributed by atoms with Crippen LogP contribution in [0.4, 0.5) is 0 Å². The zero-order chi connectivity index (χ0) is 12.2. The molecule has 0 spiro atoms. The molecule has 98 valence electrons. The lowest BCUT2D eigenvalue weighted by Crippen LogP contribution is -2.34. The monoisotopic (exact) mass is 314 g/mol. The van der Waals surface area contributed by atoms with Crippen molar-refractivity contribution in [3.8, 4) is 0 Å². The number of hydrogen-bond acceptors (Lipinski definition) is 8. The molecule has 0 heterocycles. The average molecular weight is 314 g/mol. The first-order chi connectivity index (χ1) is 7.79. The minimum Gasteiger partial charge on any atom is -0.330 e. The van der Waals surface area contributed by atoms with Gasteiger partial charge in [-0.3, -0.25) is 18.3 Å². The van der Waals surface area contributed by atoms with Crippen LogP contribution in [0.2, 0.25) is 0 Å². The van der Waals surface area contributed by atoms with Crippen LogP contribution in [0.1, 0.15) is 0 Å². The maximum atomic E-state index is 10.4. The van der Waals surface area contributed by atoms with Crippen LogP contribution in [-0.2, 0) is 36.4 Å². The zero-order valence-electron chi connectivity index (χ0n) is 8.14. The molecule has 0 aromatic carbocycles. The van der Waals surface area contributed by atoms with Crippen molar-refractivity contribution in [3.05, 3.63) is 0 Å². The molecule has 0 amide bonds. The van der Waals surface area contributed by atoms with Crippen LogP contribution >= 0.6 is 34.7 Å². The fourth-order valence-corrected chi connectivity index (χ4v) is 2.21. The predicted molar refractivity (Wildman–Crippen MR) is 63.2 cm³/mol. The van der Waals surface area contributed by atoms with Crippen LogP contribution in [-0.4, -0.2) is 25.4 Å². The molecule has 16 heavy (non-hydrogen) atoms. The van der Waals surface area contributed by atoms with Crippen LogP contribution in [0, 0.1) is 0 Å². The normalized spacial score (nSPS) is 17.8. The molecule has 6 atom stereocenters. The highest BCUT2D eigenvalue weighted by Gasteiger charge is 2.23. The first-order valence-corrected chi connectivity index (χ1v) is 7.86. The van der Waals surface area contributed by atoms with E-state index >= 15 is 0 Å². The summed E-state index contributed by atoms with van der Waals surface area (Å²) in [6, 6.07) is 0. The fourth-order valence-electron chi connectivity index (χ4n) is 0.879. The molecule has 6 unspecified atom stereocenters. The molecule has 0 aliphatic carbocycles. The van der Waals surface area contributed by atoms with E-state index < -0.39 is 47.0 Å². The van der Waals surface area contributed by atoms with Crippen molar-refractivity contribution in [3.63, 3.8) is 0 Å². The fraction of sp³-hybridized carbons (Fsp3) is 1.00. The van der Waals surface area contributed by atoms with Crippen molar-refractivity contribution in [2.24, 2.45) is 0 Å². The Kier molecular flexibility index (Phi) is 12.8. The van der Waals surface area contributed by atoms with E-state index in [-0.39, 0.29) is 13.2 Å². The smallest absolute Gasteiger partial charge is 0.180 e. The summed E-state index contributed by atoms with van der Waals surface area (Å²) in [5, 5.41) is 0. The Hall–Kier alpha value is 0.760. The van der Waals surface area contributed by atoms with Crippen molar-refractivity contribution in [2.45, 2.75) is 12.2 Å². The molecular formula is C4H14O8P4. The van der Waals surface area contributed by atoms with E-state index in [4.69, 9.17) is 9.05 Å². The van der Waals surface area contributed by atoms with E-state index in [0.29, 0.717) is 0 Å². The van der Waals surface area contributed by atoms with Crippen molar-refractivity contribution >= 4 is 34.7 Å². The Labute approximate surface area is 97.1 Å². The SMILES string of the molecule is O=[PH2]OCC(O[PH2]=O)C(CO[PH2]=O)O[PH2]=O. The molecule has 0 aliphatic rings. The number of hydrogen-bond donors (Lipinski definition) is 0. The maximum absolute atomic E-state index is 10.4. The van der Waals surface area contributed by atoms with E-state index in [1.165, 1.54) is 0 Å². The van der Waals surface area contributed by atoms with Gasteiger partial charge < -0.3 is 18.1 Å². The van der Waals surface area contributed by atoms with Gasteiger partial charge in [-0.15, -0.1) is 0 Å². The second-order valence-corrected chi connectivity index (χ2v) is 4.38. The number of rotatable bonds is 11. The van der Waals surface area contributed by atoms with Gasteiger partial charge in [-0.05, 0) is 0 Å². The second-order valence-electron chi connectivity index (χ2n) is 2.40. The molecule has 0 rings (SSSR count). The van der Waals surface area contributed by atoms with Crippen LogP contribution < -0.4 is 0 Å². The van der Waals surface area contributed by atoms with Crippen molar-refractivity contribution in [2.75, 3.05) is 13.2 Å². The summed E-state index contributed by atoms with van der Waals surface area (Å²) in [7, 11) is -5.89. The van der Waals surface area contributed by atoms with E-state index in [9.17, 15) is 18.3 Å². The van der Waals surface area contributed by atoms with Crippen LogP contribution in [0.15, 0.2) is 0 Å². The Morgan fingerprint density at radius 3 is 1.31 bits per heavy atom. The molecule has 0 saturated carbocycles. The minimum atomic E-state index is -1.52. The zero-order valence-corrected chi connectivity index (χ0v) is 12.8. The summed E-state index contributed by atoms with van der Waals surface area (Å²) in [5.41, 5.74) is 0. The van der Waals surface area contributed by atoms with Gasteiger partial charge in [-0.2, -0.15) is 0 Å². The van der Waals surface area contributed by atoms with Crippen molar-refractivity contribution < 1.29 is 36.4 Å². The quantitative estimate of drug-likeness (QED) is 0.507. The molecule has 0 aromatic rings. The Balaban J connectivity index is 4.34. The van der Waals surface area contributed by atoms with E-state index in [1.807, 2.05) is 0 Å². The lowest BCUT2D eigenvalue weighted by Gasteiger charge is -2.21. The lowest BCUT2D eigenvalue weighted by molar-refractivity contribution is 0.0169. The Morgan fingerprint density at radius 1 is 0.688 bits per heavy atom. The summed E-state index contributed by atoms with van der Waals surface area (Å²) in [6.45, 7) is -0.231. The van der Waals surface area contributed by atoms with Gasteiger partial charge in [0.05, 0.1) is 13.2 Å². The molecule has 0 saturated heterocycles. The highest BCUT2D eigenvalue weighted by molar-refractivity contribution is 7.18. The van der Waals surface area contributed by atoms with Gasteiger partial charge >= 0.3 is 0 Å². The van der Waals surface area contributed by atoms with Gasteiger partial charge in [-0.25, -0.2) is 0 Å². The van der Waals surface area contributed by atoms with Gasteiger partial charge in [0.15, 0.2) is 34.7 Å². The highest BCUT2D eigenvalue weighted by Crippen LogP contribution is 2.18. The van der Waals surface area contributed by atoms with E-state index in [0.717, 1.165) is 0 Å². The molecule has 0 N–H and O–H groups in total. The first kappa shape index (κ1) is 16.8. The molecule has 0 aromatic heterocycles. The maximum Gasteiger partial charge on any atom is 0.180 e. The largest absolute Gasteiger partial charge is 0.330 e.